The number of fused-ring (bicyclic) bond motifs is 1. The molecule has 2 unspecified atom stereocenters. The van der Waals surface area contributed by atoms with E-state index in [9.17, 15) is 19.5 Å². The molecule has 3 aliphatic rings. The lowest BCUT2D eigenvalue weighted by Crippen LogP contribution is -2.78. The molecule has 5 rings (SSSR count). The summed E-state index contributed by atoms with van der Waals surface area (Å²) in [5, 5.41) is 14.3. The molecule has 3 heterocycles. The second-order valence-corrected chi connectivity index (χ2v) is 14.0. The van der Waals surface area contributed by atoms with Gasteiger partial charge in [-0.25, -0.2) is 9.28 Å². The van der Waals surface area contributed by atoms with Crippen LogP contribution in [-0.4, -0.2) is 101 Å². The van der Waals surface area contributed by atoms with E-state index in [4.69, 9.17) is 5.73 Å². The number of nitrogens with zero attached hydrogens (tertiary/aromatic N) is 4. The van der Waals surface area contributed by atoms with Crippen LogP contribution >= 0.6 is 31.9 Å². The Bertz CT molecular complexity index is 1360. The van der Waals surface area contributed by atoms with Crippen molar-refractivity contribution in [3.8, 4) is 0 Å². The first-order valence-electron chi connectivity index (χ1n) is 14.9. The summed E-state index contributed by atoms with van der Waals surface area (Å²) in [6, 6.07) is 11.6. The Kier molecular flexibility index (Phi) is 9.53. The molecule has 3 amide bonds. The first kappa shape index (κ1) is 31.9. The molecule has 0 saturated carbocycles. The van der Waals surface area contributed by atoms with Crippen molar-refractivity contribution in [1.82, 2.24) is 14.7 Å². The van der Waals surface area contributed by atoms with Gasteiger partial charge in [0.2, 0.25) is 0 Å². The van der Waals surface area contributed by atoms with Crippen LogP contribution in [0.25, 0.3) is 0 Å². The van der Waals surface area contributed by atoms with Gasteiger partial charge < -0.3 is 30.8 Å². The maximum absolute atomic E-state index is 13.7. The highest BCUT2D eigenvalue weighted by Crippen LogP contribution is 2.46. The summed E-state index contributed by atoms with van der Waals surface area (Å²) < 4.78 is 1.06. The van der Waals surface area contributed by atoms with E-state index in [1.54, 1.807) is 0 Å². The third kappa shape index (κ3) is 5.96. The van der Waals surface area contributed by atoms with Crippen molar-refractivity contribution in [2.24, 2.45) is 0 Å². The Morgan fingerprint density at radius 1 is 1.16 bits per heavy atom. The molecule has 10 nitrogen and oxygen atoms in total. The minimum Gasteiger partial charge on any atom is -0.435 e. The van der Waals surface area contributed by atoms with Crippen molar-refractivity contribution in [3.63, 3.8) is 0 Å². The van der Waals surface area contributed by atoms with Crippen molar-refractivity contribution >= 4 is 61.6 Å². The molecule has 2 aromatic rings. The lowest BCUT2D eigenvalue weighted by Gasteiger charge is -2.59. The van der Waals surface area contributed by atoms with Crippen LogP contribution in [-0.2, 0) is 17.8 Å². The normalized spacial score (nSPS) is 27.0. The number of nitrogens with two attached hydrogens (primary N) is 1. The Balaban J connectivity index is 1.56. The zero-order chi connectivity index (χ0) is 30.9. The third-order valence-corrected chi connectivity index (χ3v) is 11.2. The van der Waals surface area contributed by atoms with Gasteiger partial charge in [-0.2, -0.15) is 4.79 Å². The van der Waals surface area contributed by atoms with Gasteiger partial charge in [-0.05, 0) is 89.0 Å². The number of aldehydes is 1. The van der Waals surface area contributed by atoms with Crippen LogP contribution in [0.15, 0.2) is 45.3 Å². The maximum atomic E-state index is 13.7. The molecule has 4 N–H and O–H groups in total. The summed E-state index contributed by atoms with van der Waals surface area (Å²) >= 11 is 7.06. The molecule has 2 fully saturated rings. The number of quaternary nitrogens is 1. The molecule has 2 saturated heterocycles. The molecular weight excluding hydrogens is 680 g/mol. The molecule has 3 aliphatic heterocycles. The molecule has 0 radical (unpaired) electrons. The van der Waals surface area contributed by atoms with Gasteiger partial charge in [-0.15, -0.1) is 0 Å². The topological polar surface area (TPSA) is 119 Å². The number of halogens is 2. The van der Waals surface area contributed by atoms with Crippen LogP contribution in [0.5, 0.6) is 0 Å². The molecule has 0 bridgehead atoms. The molecule has 12 heteroatoms. The van der Waals surface area contributed by atoms with Crippen LogP contribution in [0.4, 0.5) is 21.0 Å². The van der Waals surface area contributed by atoms with Crippen LogP contribution in [0, 0.1) is 0 Å². The highest BCUT2D eigenvalue weighted by atomic mass is 79.9. The van der Waals surface area contributed by atoms with Crippen molar-refractivity contribution in [2.75, 3.05) is 51.3 Å². The van der Waals surface area contributed by atoms with E-state index >= 15 is 0 Å². The average Bonchev–Trinajstić information content (AvgIpc) is 3.14. The zero-order valence-corrected chi connectivity index (χ0v) is 27.9. The minimum atomic E-state index is -1.05. The summed E-state index contributed by atoms with van der Waals surface area (Å²) in [6.45, 7) is 2.32. The second-order valence-electron chi connectivity index (χ2n) is 12.3. The highest BCUT2D eigenvalue weighted by Gasteiger charge is 2.64. The number of amides is 3. The summed E-state index contributed by atoms with van der Waals surface area (Å²) in [6.07, 6.45) is 3.29. The number of anilines is 2. The van der Waals surface area contributed by atoms with E-state index < -0.39 is 11.8 Å². The summed E-state index contributed by atoms with van der Waals surface area (Å²) in [7, 11) is 4.14. The molecule has 0 aliphatic carbocycles. The van der Waals surface area contributed by atoms with E-state index in [1.165, 1.54) is 0 Å². The molecule has 3 atom stereocenters. The standard InChI is InChI=1S/C31H40Br2N6O4/c1-36(2)23-8-12-37(13-9-23)31(11-16-40)19-24(38-14-7-22-5-3-4-6-27(22)35-29(38)41)10-15-39(31,30(42)43)20-21-17-25(32)28(34)26(33)18-21/h3-6,16-18,23-24H,7-15,19-20,34H2,1-2H3,(H-,35,41,42,43)/p+1/t24?,31?,39-/m0/s1. The molecule has 2 aromatic carbocycles. The second kappa shape index (κ2) is 12.8. The lowest BCUT2D eigenvalue weighted by molar-refractivity contribution is -0.942. The van der Waals surface area contributed by atoms with Crippen molar-refractivity contribution in [3.05, 3.63) is 56.5 Å². The fourth-order valence-corrected chi connectivity index (χ4v) is 8.84. The largest absolute Gasteiger partial charge is 0.515 e. The van der Waals surface area contributed by atoms with Crippen LogP contribution in [0.1, 0.15) is 43.2 Å². The number of likely N-dealkylation sites (tertiary alicyclic amines) is 2. The number of benzene rings is 2. The van der Waals surface area contributed by atoms with Crippen LogP contribution in [0.2, 0.25) is 0 Å². The summed E-state index contributed by atoms with van der Waals surface area (Å²) in [5.74, 6) is 0. The maximum Gasteiger partial charge on any atom is 0.515 e. The number of piperidine rings is 2. The van der Waals surface area contributed by atoms with E-state index in [0.29, 0.717) is 59.6 Å². The number of rotatable bonds is 7. The zero-order valence-electron chi connectivity index (χ0n) is 24.8. The Morgan fingerprint density at radius 2 is 1.84 bits per heavy atom. The molecule has 0 aromatic heterocycles. The Labute approximate surface area is 270 Å². The fraction of sp³-hybridized carbons (Fsp3) is 0.516. The average molecular weight is 722 g/mol. The first-order chi connectivity index (χ1) is 20.5. The lowest BCUT2D eigenvalue weighted by atomic mass is 9.81. The summed E-state index contributed by atoms with van der Waals surface area (Å²) in [4.78, 5) is 46.2. The van der Waals surface area contributed by atoms with Crippen molar-refractivity contribution < 1.29 is 24.0 Å². The van der Waals surface area contributed by atoms with Crippen molar-refractivity contribution in [2.45, 2.75) is 62.8 Å². The van der Waals surface area contributed by atoms with E-state index in [0.717, 1.165) is 35.9 Å². The van der Waals surface area contributed by atoms with Gasteiger partial charge in [0.25, 0.3) is 0 Å². The summed E-state index contributed by atoms with van der Waals surface area (Å²) in [5.41, 5.74) is 8.36. The third-order valence-electron chi connectivity index (χ3n) is 9.94. The highest BCUT2D eigenvalue weighted by molar-refractivity contribution is 9.11. The number of para-hydroxylation sites is 1. The Hall–Kier alpha value is -2.51. The number of carbonyl (C=O) groups excluding carboxylic acids is 2. The van der Waals surface area contributed by atoms with Crippen LogP contribution < -0.4 is 11.1 Å². The predicted molar refractivity (Wildman–Crippen MR) is 174 cm³/mol. The number of nitrogens with one attached hydrogen (secondary N) is 1. The molecular formula is C31H41Br2N6O4+. The number of carboxylic acid groups (broad SMARTS) is 1. The quantitative estimate of drug-likeness (QED) is 0.201. The van der Waals surface area contributed by atoms with E-state index in [2.05, 4.69) is 61.1 Å². The van der Waals surface area contributed by atoms with Gasteiger partial charge in [-0.3, -0.25) is 4.90 Å². The van der Waals surface area contributed by atoms with Gasteiger partial charge in [0.15, 0.2) is 5.66 Å². The molecule has 43 heavy (non-hydrogen) atoms. The van der Waals surface area contributed by atoms with Gasteiger partial charge in [0.1, 0.15) is 12.8 Å². The number of carbonyl (C=O) groups is 3. The minimum absolute atomic E-state index is 0.0510. The van der Waals surface area contributed by atoms with Crippen molar-refractivity contribution in [1.29, 1.82) is 0 Å². The van der Waals surface area contributed by atoms with E-state index in [1.807, 2.05) is 41.3 Å². The predicted octanol–water partition coefficient (Wildman–Crippen LogP) is 5.35. The first-order valence-corrected chi connectivity index (χ1v) is 16.4. The Morgan fingerprint density at radius 3 is 2.47 bits per heavy atom. The molecule has 232 valence electrons. The molecule has 0 spiro atoms. The fourth-order valence-electron chi connectivity index (χ4n) is 7.56. The number of nitrogen functional groups attached to an aromatic ring is 1. The van der Waals surface area contributed by atoms with Gasteiger partial charge in [0, 0.05) is 64.8 Å². The monoisotopic (exact) mass is 719 g/mol. The van der Waals surface area contributed by atoms with Gasteiger partial charge >= 0.3 is 12.1 Å². The van der Waals surface area contributed by atoms with Gasteiger partial charge in [0.05, 0.1) is 18.7 Å². The number of hydrogen-bond donors (Lipinski definition) is 3. The van der Waals surface area contributed by atoms with E-state index in [-0.39, 0.29) is 36.1 Å². The van der Waals surface area contributed by atoms with Gasteiger partial charge in [-0.1, -0.05) is 18.2 Å². The number of urea groups is 1. The SMILES string of the molecule is CN(C)C1CCN(C2(CC=O)CC(N3CCc4ccccc4NC3=O)CC[N@+]2(Cc2cc(Br)c(N)c(Br)c2)C(=O)O)CC1. The number of hydrogen-bond acceptors (Lipinski definition) is 6. The smallest absolute Gasteiger partial charge is 0.435 e. The van der Waals surface area contributed by atoms with Crippen LogP contribution in [0.3, 0.4) is 0 Å².